The first-order valence-electron chi connectivity index (χ1n) is 6.82. The van der Waals surface area contributed by atoms with Crippen LogP contribution in [0.3, 0.4) is 0 Å². The molecule has 0 amide bonds. The van der Waals surface area contributed by atoms with Gasteiger partial charge in [0.1, 0.15) is 5.82 Å². The van der Waals surface area contributed by atoms with Gasteiger partial charge in [0.05, 0.1) is 0 Å². The van der Waals surface area contributed by atoms with E-state index in [1.165, 1.54) is 4.68 Å². The van der Waals surface area contributed by atoms with E-state index in [4.69, 9.17) is 11.5 Å². The molecule has 110 valence electrons. The first kappa shape index (κ1) is 13.6. The lowest BCUT2D eigenvalue weighted by atomic mass is 9.84. The van der Waals surface area contributed by atoms with Gasteiger partial charge in [-0.1, -0.05) is 24.3 Å². The molecule has 21 heavy (non-hydrogen) atoms. The summed E-state index contributed by atoms with van der Waals surface area (Å²) >= 11 is 0. The number of carbonyl (C=O) groups is 1. The van der Waals surface area contributed by atoms with E-state index in [1.54, 1.807) is 0 Å². The zero-order chi connectivity index (χ0) is 15.0. The number of anilines is 1. The van der Waals surface area contributed by atoms with Crippen LogP contribution in [0.5, 0.6) is 0 Å². The van der Waals surface area contributed by atoms with Crippen LogP contribution in [0.25, 0.3) is 0 Å². The van der Waals surface area contributed by atoms with Crippen molar-refractivity contribution in [3.8, 4) is 0 Å². The Hall–Kier alpha value is -2.41. The van der Waals surface area contributed by atoms with Crippen LogP contribution < -0.4 is 11.5 Å². The quantitative estimate of drug-likeness (QED) is 0.763. The number of aryl methyl sites for hydroxylation is 1. The van der Waals surface area contributed by atoms with E-state index in [9.17, 15) is 9.90 Å². The van der Waals surface area contributed by atoms with Gasteiger partial charge in [0.15, 0.2) is 6.04 Å². The summed E-state index contributed by atoms with van der Waals surface area (Å²) in [5.74, 6) is -0.342. The molecule has 5 N–H and O–H groups in total. The molecule has 0 radical (unpaired) electrons. The van der Waals surface area contributed by atoms with Crippen molar-refractivity contribution in [2.24, 2.45) is 5.73 Å². The molecule has 2 unspecified atom stereocenters. The lowest BCUT2D eigenvalue weighted by molar-refractivity contribution is -0.142. The van der Waals surface area contributed by atoms with Gasteiger partial charge in [0.25, 0.3) is 0 Å². The third-order valence-electron chi connectivity index (χ3n) is 3.91. The second-order valence-electron chi connectivity index (χ2n) is 5.21. The number of rotatable bonds is 3. The molecule has 0 spiro atoms. The maximum Gasteiger partial charge on any atom is 0.329 e. The van der Waals surface area contributed by atoms with Crippen LogP contribution >= 0.6 is 0 Å². The highest BCUT2D eigenvalue weighted by Crippen LogP contribution is 2.37. The summed E-state index contributed by atoms with van der Waals surface area (Å²) in [5.41, 5.74) is 13.2. The number of nitrogens with two attached hydrogens (primary N) is 2. The minimum absolute atomic E-state index is 0.118. The highest BCUT2D eigenvalue weighted by atomic mass is 16.4. The Balaban J connectivity index is 2.04. The molecule has 2 aromatic rings. The molecule has 7 heteroatoms. The molecule has 3 rings (SSSR count). The van der Waals surface area contributed by atoms with E-state index >= 15 is 0 Å². The van der Waals surface area contributed by atoms with Crippen LogP contribution in [0.15, 0.2) is 24.3 Å². The molecule has 0 saturated heterocycles. The number of fused-ring (bicyclic) bond motifs is 1. The largest absolute Gasteiger partial charge is 0.480 e. The Morgan fingerprint density at radius 1 is 1.48 bits per heavy atom. The van der Waals surface area contributed by atoms with Crippen molar-refractivity contribution in [3.63, 3.8) is 0 Å². The van der Waals surface area contributed by atoms with E-state index in [0.717, 1.165) is 11.1 Å². The molecule has 2 heterocycles. The highest BCUT2D eigenvalue weighted by molar-refractivity contribution is 5.73. The fourth-order valence-electron chi connectivity index (χ4n) is 2.96. The number of benzene rings is 1. The molecule has 1 aliphatic rings. The monoisotopic (exact) mass is 287 g/mol. The second kappa shape index (κ2) is 5.17. The summed E-state index contributed by atoms with van der Waals surface area (Å²) in [4.78, 5) is 15.8. The van der Waals surface area contributed by atoms with Gasteiger partial charge in [-0.25, -0.2) is 9.48 Å². The average Bonchev–Trinajstić information content (AvgIpc) is 2.86. The number of carboxylic acid groups (broad SMARTS) is 1. The average molecular weight is 287 g/mol. The van der Waals surface area contributed by atoms with Crippen LogP contribution in [0, 0.1) is 0 Å². The summed E-state index contributed by atoms with van der Waals surface area (Å²) in [6.45, 7) is 0.430. The molecular formula is C14H17N5O2. The van der Waals surface area contributed by atoms with Gasteiger partial charge in [-0.2, -0.15) is 4.98 Å². The van der Waals surface area contributed by atoms with E-state index in [0.29, 0.717) is 25.2 Å². The predicted octanol–water partition coefficient (Wildman–Crippen LogP) is 0.675. The fourth-order valence-corrected chi connectivity index (χ4v) is 2.96. The van der Waals surface area contributed by atoms with Gasteiger partial charge < -0.3 is 16.6 Å². The van der Waals surface area contributed by atoms with Crippen molar-refractivity contribution in [2.45, 2.75) is 31.3 Å². The molecule has 0 saturated carbocycles. The lowest BCUT2D eigenvalue weighted by Crippen LogP contribution is -2.32. The van der Waals surface area contributed by atoms with E-state index in [2.05, 4.69) is 10.1 Å². The number of hydrogen-bond acceptors (Lipinski definition) is 5. The summed E-state index contributed by atoms with van der Waals surface area (Å²) in [6, 6.07) is 6.95. The second-order valence-corrected chi connectivity index (χ2v) is 5.21. The third-order valence-corrected chi connectivity index (χ3v) is 3.91. The van der Waals surface area contributed by atoms with Gasteiger partial charge in [-0.05, 0) is 17.5 Å². The first-order valence-corrected chi connectivity index (χ1v) is 6.82. The van der Waals surface area contributed by atoms with Crippen molar-refractivity contribution in [3.05, 3.63) is 41.2 Å². The predicted molar refractivity (Wildman–Crippen MR) is 76.5 cm³/mol. The zero-order valence-electron chi connectivity index (χ0n) is 11.4. The minimum Gasteiger partial charge on any atom is -0.480 e. The smallest absolute Gasteiger partial charge is 0.329 e. The topological polar surface area (TPSA) is 120 Å². The number of aromatic nitrogens is 3. The van der Waals surface area contributed by atoms with Crippen LogP contribution in [-0.4, -0.2) is 25.8 Å². The molecule has 7 nitrogen and oxygen atoms in total. The number of nitrogen functional groups attached to an aromatic ring is 1. The van der Waals surface area contributed by atoms with Gasteiger partial charge in [-0.15, -0.1) is 5.10 Å². The van der Waals surface area contributed by atoms with Crippen molar-refractivity contribution >= 4 is 11.9 Å². The van der Waals surface area contributed by atoms with E-state index in [-0.39, 0.29) is 11.9 Å². The van der Waals surface area contributed by atoms with Crippen molar-refractivity contribution in [2.75, 3.05) is 5.73 Å². The number of carboxylic acids is 1. The third kappa shape index (κ3) is 2.36. The molecule has 0 aliphatic carbocycles. The van der Waals surface area contributed by atoms with Crippen LogP contribution in [0.4, 0.5) is 5.95 Å². The van der Waals surface area contributed by atoms with Gasteiger partial charge in [-0.3, -0.25) is 0 Å². The standard InChI is InChI=1S/C14H17N5O2/c15-7-8-2-1-3-9(6-8)10-4-5-11-17-14(16)18-19(11)12(10)13(20)21/h1-3,6,10,12H,4-5,7,15H2,(H2,16,18)(H,20,21). The summed E-state index contributed by atoms with van der Waals surface area (Å²) in [6.07, 6.45) is 1.36. The Bertz CT molecular complexity index is 682. The Morgan fingerprint density at radius 2 is 2.29 bits per heavy atom. The maximum atomic E-state index is 11.7. The Labute approximate surface area is 121 Å². The first-order chi connectivity index (χ1) is 10.1. The molecule has 1 aromatic heterocycles. The van der Waals surface area contributed by atoms with Gasteiger partial charge in [0, 0.05) is 18.9 Å². The molecule has 0 bridgehead atoms. The molecule has 2 atom stereocenters. The van der Waals surface area contributed by atoms with Crippen LogP contribution in [0.1, 0.15) is 35.3 Å². The van der Waals surface area contributed by atoms with Gasteiger partial charge in [0.2, 0.25) is 5.95 Å². The minimum atomic E-state index is -0.927. The Morgan fingerprint density at radius 3 is 3.00 bits per heavy atom. The molecule has 0 fully saturated rings. The van der Waals surface area contributed by atoms with Crippen LogP contribution in [-0.2, 0) is 17.8 Å². The van der Waals surface area contributed by atoms with Gasteiger partial charge >= 0.3 is 5.97 Å². The molecular weight excluding hydrogens is 270 g/mol. The molecule has 1 aliphatic heterocycles. The van der Waals surface area contributed by atoms with Crippen LogP contribution in [0.2, 0.25) is 0 Å². The summed E-state index contributed by atoms with van der Waals surface area (Å²) < 4.78 is 1.45. The number of nitrogens with zero attached hydrogens (tertiary/aromatic N) is 3. The van der Waals surface area contributed by atoms with E-state index < -0.39 is 12.0 Å². The van der Waals surface area contributed by atoms with Crippen molar-refractivity contribution in [1.29, 1.82) is 0 Å². The SMILES string of the molecule is NCc1cccc(C2CCc3nc(N)nn3C2C(=O)O)c1. The van der Waals surface area contributed by atoms with E-state index in [1.807, 2.05) is 24.3 Å². The molecule has 1 aromatic carbocycles. The summed E-state index contributed by atoms with van der Waals surface area (Å²) in [5, 5.41) is 13.6. The van der Waals surface area contributed by atoms with Crippen molar-refractivity contribution < 1.29 is 9.90 Å². The highest BCUT2D eigenvalue weighted by Gasteiger charge is 2.37. The summed E-state index contributed by atoms with van der Waals surface area (Å²) in [7, 11) is 0. The van der Waals surface area contributed by atoms with Crippen molar-refractivity contribution in [1.82, 2.24) is 14.8 Å². The maximum absolute atomic E-state index is 11.7. The fraction of sp³-hybridized carbons (Fsp3) is 0.357. The Kier molecular flexibility index (Phi) is 3.34. The number of aliphatic carboxylic acids is 1. The number of hydrogen-bond donors (Lipinski definition) is 3. The lowest BCUT2D eigenvalue weighted by Gasteiger charge is -2.29. The zero-order valence-corrected chi connectivity index (χ0v) is 11.4. The normalized spacial score (nSPS) is 21.0.